The molecule has 1 aromatic heterocycles. The zero-order valence-electron chi connectivity index (χ0n) is 12.1. The average molecular weight is 352 g/mol. The van der Waals surface area contributed by atoms with Crippen molar-refractivity contribution in [3.8, 4) is 0 Å². The lowest BCUT2D eigenvalue weighted by Gasteiger charge is -2.25. The highest BCUT2D eigenvalue weighted by molar-refractivity contribution is 9.10. The second-order valence-corrected chi connectivity index (χ2v) is 6.48. The van der Waals surface area contributed by atoms with Gasteiger partial charge in [0.25, 0.3) is 0 Å². The first-order chi connectivity index (χ1) is 10.1. The highest BCUT2D eigenvalue weighted by Gasteiger charge is 2.20. The zero-order valence-corrected chi connectivity index (χ0v) is 13.7. The summed E-state index contributed by atoms with van der Waals surface area (Å²) >= 11 is 3.39. The quantitative estimate of drug-likeness (QED) is 0.808. The van der Waals surface area contributed by atoms with Crippen molar-refractivity contribution in [1.29, 1.82) is 0 Å². The lowest BCUT2D eigenvalue weighted by Crippen LogP contribution is -2.14. The van der Waals surface area contributed by atoms with E-state index in [-0.39, 0.29) is 5.82 Å². The summed E-state index contributed by atoms with van der Waals surface area (Å²) in [5.74, 6) is 0.449. The molecule has 1 saturated carbocycles. The van der Waals surface area contributed by atoms with Crippen LogP contribution in [0.1, 0.15) is 43.8 Å². The van der Waals surface area contributed by atoms with Crippen molar-refractivity contribution in [2.75, 3.05) is 5.32 Å². The molecule has 0 bridgehead atoms. The number of rotatable bonds is 3. The minimum absolute atomic E-state index is 0.278. The van der Waals surface area contributed by atoms with Gasteiger partial charge in [-0.3, -0.25) is 0 Å². The Morgan fingerprint density at radius 3 is 2.76 bits per heavy atom. The van der Waals surface area contributed by atoms with Gasteiger partial charge in [-0.05, 0) is 47.8 Å². The highest BCUT2D eigenvalue weighted by atomic mass is 79.9. The van der Waals surface area contributed by atoms with Crippen LogP contribution in [0.2, 0.25) is 0 Å². The summed E-state index contributed by atoms with van der Waals surface area (Å²) in [6, 6.07) is 5.43. The van der Waals surface area contributed by atoms with Crippen molar-refractivity contribution in [2.24, 2.45) is 0 Å². The van der Waals surface area contributed by atoms with Gasteiger partial charge in [-0.1, -0.05) is 25.3 Å². The zero-order chi connectivity index (χ0) is 14.8. The largest absolute Gasteiger partial charge is 0.322 e. The van der Waals surface area contributed by atoms with Crippen LogP contribution in [-0.4, -0.2) is 9.55 Å². The Morgan fingerprint density at radius 2 is 2.05 bits per heavy atom. The summed E-state index contributed by atoms with van der Waals surface area (Å²) in [5.41, 5.74) is 1.40. The summed E-state index contributed by atoms with van der Waals surface area (Å²) in [5, 5.41) is 3.16. The number of hydrogen-bond donors (Lipinski definition) is 1. The maximum Gasteiger partial charge on any atom is 0.207 e. The van der Waals surface area contributed by atoms with Crippen molar-refractivity contribution in [1.82, 2.24) is 9.55 Å². The fraction of sp³-hybridized carbons (Fsp3) is 0.438. The van der Waals surface area contributed by atoms with Crippen molar-refractivity contribution in [2.45, 2.75) is 45.1 Å². The second kappa shape index (κ2) is 6.18. The molecule has 3 rings (SSSR count). The lowest BCUT2D eigenvalue weighted by atomic mass is 9.95. The third-order valence-corrected chi connectivity index (χ3v) is 4.68. The Labute approximate surface area is 132 Å². The Bertz CT molecular complexity index is 612. The van der Waals surface area contributed by atoms with Crippen LogP contribution < -0.4 is 5.32 Å². The van der Waals surface area contributed by atoms with Crippen LogP contribution >= 0.6 is 15.9 Å². The van der Waals surface area contributed by atoms with E-state index in [1.54, 1.807) is 6.07 Å². The molecule has 2 aromatic rings. The monoisotopic (exact) mass is 351 g/mol. The van der Waals surface area contributed by atoms with Gasteiger partial charge >= 0.3 is 0 Å². The van der Waals surface area contributed by atoms with Gasteiger partial charge < -0.3 is 9.88 Å². The van der Waals surface area contributed by atoms with Gasteiger partial charge in [0.05, 0.1) is 11.4 Å². The smallest absolute Gasteiger partial charge is 0.207 e. The van der Waals surface area contributed by atoms with E-state index >= 15 is 0 Å². The first-order valence-corrected chi connectivity index (χ1v) is 8.21. The Morgan fingerprint density at radius 1 is 1.29 bits per heavy atom. The van der Waals surface area contributed by atoms with E-state index in [1.807, 2.05) is 13.0 Å². The molecule has 1 heterocycles. The molecular weight excluding hydrogens is 333 g/mol. The Balaban J connectivity index is 1.92. The van der Waals surface area contributed by atoms with Gasteiger partial charge in [-0.25, -0.2) is 9.37 Å². The van der Waals surface area contributed by atoms with Gasteiger partial charge in [0.15, 0.2) is 0 Å². The number of aromatic nitrogens is 2. The number of nitrogens with zero attached hydrogens (tertiary/aromatic N) is 2. The van der Waals surface area contributed by atoms with E-state index in [0.717, 1.165) is 11.6 Å². The molecule has 0 amide bonds. The van der Waals surface area contributed by atoms with Crippen LogP contribution in [0.4, 0.5) is 16.0 Å². The van der Waals surface area contributed by atoms with Gasteiger partial charge in [0.2, 0.25) is 5.95 Å². The van der Waals surface area contributed by atoms with Crippen molar-refractivity contribution < 1.29 is 4.39 Å². The minimum atomic E-state index is -0.278. The first kappa shape index (κ1) is 14.6. The van der Waals surface area contributed by atoms with Gasteiger partial charge in [0, 0.05) is 16.7 Å². The van der Waals surface area contributed by atoms with Crippen LogP contribution in [0.15, 0.2) is 28.9 Å². The number of aryl methyl sites for hydroxylation is 1. The number of halogens is 2. The number of hydrogen-bond acceptors (Lipinski definition) is 2. The van der Waals surface area contributed by atoms with Crippen molar-refractivity contribution in [3.63, 3.8) is 0 Å². The van der Waals surface area contributed by atoms with Crippen molar-refractivity contribution in [3.05, 3.63) is 40.4 Å². The molecule has 0 unspecified atom stereocenters. The van der Waals surface area contributed by atoms with E-state index in [9.17, 15) is 4.39 Å². The molecule has 0 spiro atoms. The molecule has 21 heavy (non-hydrogen) atoms. The van der Waals surface area contributed by atoms with E-state index in [2.05, 4.69) is 37.0 Å². The second-order valence-electron chi connectivity index (χ2n) is 5.63. The summed E-state index contributed by atoms with van der Waals surface area (Å²) < 4.78 is 16.9. The van der Waals surface area contributed by atoms with Crippen LogP contribution in [0, 0.1) is 12.7 Å². The van der Waals surface area contributed by atoms with Crippen LogP contribution in [0.25, 0.3) is 0 Å². The van der Waals surface area contributed by atoms with Crippen LogP contribution in [0.5, 0.6) is 0 Å². The van der Waals surface area contributed by atoms with Crippen LogP contribution in [0.3, 0.4) is 0 Å². The van der Waals surface area contributed by atoms with Crippen LogP contribution in [-0.2, 0) is 0 Å². The molecule has 1 fully saturated rings. The minimum Gasteiger partial charge on any atom is -0.322 e. The molecule has 0 radical (unpaired) electrons. The number of nitrogens with one attached hydrogen (secondary N) is 1. The average Bonchev–Trinajstić information content (AvgIpc) is 2.85. The highest BCUT2D eigenvalue weighted by Crippen LogP contribution is 2.33. The van der Waals surface area contributed by atoms with E-state index < -0.39 is 0 Å². The van der Waals surface area contributed by atoms with E-state index in [4.69, 9.17) is 0 Å². The topological polar surface area (TPSA) is 29.9 Å². The third kappa shape index (κ3) is 3.12. The predicted octanol–water partition coefficient (Wildman–Crippen LogP) is 5.34. The maximum absolute atomic E-state index is 14.0. The summed E-state index contributed by atoms with van der Waals surface area (Å²) in [6.07, 6.45) is 8.22. The summed E-state index contributed by atoms with van der Waals surface area (Å²) in [7, 11) is 0. The number of anilines is 2. The molecule has 112 valence electrons. The fourth-order valence-corrected chi connectivity index (χ4v) is 3.42. The van der Waals surface area contributed by atoms with Crippen molar-refractivity contribution >= 4 is 27.6 Å². The van der Waals surface area contributed by atoms with E-state index in [0.29, 0.717) is 16.2 Å². The van der Waals surface area contributed by atoms with Gasteiger partial charge in [0.1, 0.15) is 5.82 Å². The molecule has 5 heteroatoms. The fourth-order valence-electron chi connectivity index (χ4n) is 2.98. The SMILES string of the molecule is Cc1cn(C2CCCCC2)c(Nc2c(F)cccc2Br)n1. The first-order valence-electron chi connectivity index (χ1n) is 7.41. The molecule has 1 N–H and O–H groups in total. The predicted molar refractivity (Wildman–Crippen MR) is 86.5 cm³/mol. The molecule has 0 aliphatic heterocycles. The normalized spacial score (nSPS) is 16.1. The van der Waals surface area contributed by atoms with Gasteiger partial charge in [-0.15, -0.1) is 0 Å². The third-order valence-electron chi connectivity index (χ3n) is 4.02. The van der Waals surface area contributed by atoms with Gasteiger partial charge in [-0.2, -0.15) is 0 Å². The number of imidazole rings is 1. The maximum atomic E-state index is 14.0. The molecule has 1 aromatic carbocycles. The lowest BCUT2D eigenvalue weighted by molar-refractivity contribution is 0.356. The summed E-state index contributed by atoms with van der Waals surface area (Å²) in [6.45, 7) is 1.97. The molecule has 0 saturated heterocycles. The summed E-state index contributed by atoms with van der Waals surface area (Å²) in [4.78, 5) is 4.53. The Hall–Kier alpha value is -1.36. The molecular formula is C16H19BrFN3. The standard InChI is InChI=1S/C16H19BrFN3/c1-11-10-21(12-6-3-2-4-7-12)16(19-11)20-15-13(17)8-5-9-14(15)18/h5,8-10,12H,2-4,6-7H2,1H3,(H,19,20). The van der Waals surface area contributed by atoms with E-state index in [1.165, 1.54) is 38.2 Å². The molecule has 1 aliphatic rings. The Kier molecular flexibility index (Phi) is 4.29. The molecule has 0 atom stereocenters. The number of benzene rings is 1. The molecule has 1 aliphatic carbocycles. The number of para-hydroxylation sites is 1. The molecule has 3 nitrogen and oxygen atoms in total.